The minimum Gasteiger partial charge on any atom is -0.463 e. The molecule has 0 aliphatic carbocycles. The number of ether oxygens (including phenoxy) is 2. The van der Waals surface area contributed by atoms with Crippen LogP contribution in [0.3, 0.4) is 0 Å². The smallest absolute Gasteiger partial charge is 0.416 e. The van der Waals surface area contributed by atoms with Crippen molar-refractivity contribution in [2.45, 2.75) is 39.5 Å². The van der Waals surface area contributed by atoms with Gasteiger partial charge in [0.1, 0.15) is 0 Å². The maximum Gasteiger partial charge on any atom is 0.416 e. The summed E-state index contributed by atoms with van der Waals surface area (Å²) < 4.78 is 51.4. The van der Waals surface area contributed by atoms with E-state index in [1.54, 1.807) is 68.5 Å². The van der Waals surface area contributed by atoms with E-state index in [2.05, 4.69) is 0 Å². The van der Waals surface area contributed by atoms with Crippen LogP contribution in [0, 0.1) is 11.3 Å². The van der Waals surface area contributed by atoms with Crippen molar-refractivity contribution in [3.8, 4) is 6.07 Å². The van der Waals surface area contributed by atoms with Gasteiger partial charge in [0.2, 0.25) is 0 Å². The average Bonchev–Trinajstić information content (AvgIpc) is 3.01. The third kappa shape index (κ3) is 7.41. The molecule has 0 saturated heterocycles. The molecule has 3 aromatic rings. The molecule has 0 bridgehead atoms. The summed E-state index contributed by atoms with van der Waals surface area (Å²) >= 11 is 0. The number of anilines is 1. The molecule has 1 heterocycles. The molecular formula is C34H30F3N3O5. The molecule has 0 spiro atoms. The molecule has 45 heavy (non-hydrogen) atoms. The first-order valence-electron chi connectivity index (χ1n) is 14.1. The highest BCUT2D eigenvalue weighted by atomic mass is 19.4. The van der Waals surface area contributed by atoms with Crippen LogP contribution < -0.4 is 4.90 Å². The van der Waals surface area contributed by atoms with Gasteiger partial charge in [-0.15, -0.1) is 0 Å². The normalized spacial score (nSPS) is 15.3. The Morgan fingerprint density at radius 2 is 1.67 bits per heavy atom. The molecule has 8 nitrogen and oxygen atoms in total. The number of rotatable bonds is 9. The highest BCUT2D eigenvalue weighted by molar-refractivity contribution is 6.03. The molecule has 3 aromatic carbocycles. The quantitative estimate of drug-likeness (QED) is 0.186. The minimum absolute atomic E-state index is 0.0159. The predicted molar refractivity (Wildman–Crippen MR) is 160 cm³/mol. The summed E-state index contributed by atoms with van der Waals surface area (Å²) in [6, 6.07) is 18.0. The number of carbonyl (C=O) groups is 3. The van der Waals surface area contributed by atoms with Crippen molar-refractivity contribution in [3.05, 3.63) is 118 Å². The van der Waals surface area contributed by atoms with E-state index in [9.17, 15) is 32.8 Å². The molecule has 232 valence electrons. The predicted octanol–water partition coefficient (Wildman–Crippen LogP) is 7.17. The maximum absolute atomic E-state index is 14.4. The number of hydrogen-bond acceptors (Lipinski definition) is 6. The zero-order chi connectivity index (χ0) is 32.7. The van der Waals surface area contributed by atoms with Crippen molar-refractivity contribution in [1.29, 1.82) is 5.26 Å². The fraction of sp³-hybridized carbons (Fsp3) is 0.235. The third-order valence-corrected chi connectivity index (χ3v) is 7.03. The van der Waals surface area contributed by atoms with Gasteiger partial charge in [-0.25, -0.2) is 14.4 Å². The van der Waals surface area contributed by atoms with Gasteiger partial charge in [0, 0.05) is 18.3 Å². The lowest BCUT2D eigenvalue weighted by atomic mass is 9.91. The second-order valence-electron chi connectivity index (χ2n) is 9.98. The molecule has 0 saturated carbocycles. The van der Waals surface area contributed by atoms with Crippen molar-refractivity contribution in [3.63, 3.8) is 0 Å². The van der Waals surface area contributed by atoms with E-state index in [4.69, 9.17) is 9.47 Å². The van der Waals surface area contributed by atoms with E-state index in [0.717, 1.165) is 17.0 Å². The summed E-state index contributed by atoms with van der Waals surface area (Å²) in [5.74, 6) is -1.27. The van der Waals surface area contributed by atoms with Gasteiger partial charge < -0.3 is 14.4 Å². The Morgan fingerprint density at radius 1 is 0.978 bits per heavy atom. The number of nitriles is 1. The minimum atomic E-state index is -4.67. The van der Waals surface area contributed by atoms with Crippen LogP contribution in [0.1, 0.15) is 54.6 Å². The summed E-state index contributed by atoms with van der Waals surface area (Å²) in [5, 5.41) is 9.34. The molecule has 1 unspecified atom stereocenters. The molecule has 0 radical (unpaired) electrons. The van der Waals surface area contributed by atoms with Crippen LogP contribution in [0.15, 0.2) is 90.1 Å². The van der Waals surface area contributed by atoms with Crippen LogP contribution in [0.5, 0.6) is 0 Å². The molecule has 1 atom stereocenters. The Morgan fingerprint density at radius 3 is 2.31 bits per heavy atom. The summed E-state index contributed by atoms with van der Waals surface area (Å²) in [6.07, 6.45) is -1.84. The van der Waals surface area contributed by atoms with Crippen LogP contribution in [-0.2, 0) is 31.8 Å². The number of hydrogen-bond donors (Lipinski definition) is 0. The van der Waals surface area contributed by atoms with E-state index in [-0.39, 0.29) is 36.7 Å². The highest BCUT2D eigenvalue weighted by Crippen LogP contribution is 2.42. The molecular weight excluding hydrogens is 587 g/mol. The Bertz CT molecular complexity index is 1690. The molecule has 0 aromatic heterocycles. The van der Waals surface area contributed by atoms with Crippen LogP contribution in [0.4, 0.5) is 23.7 Å². The summed E-state index contributed by atoms with van der Waals surface area (Å²) in [7, 11) is 0. The molecule has 1 aliphatic rings. The zero-order valence-electron chi connectivity index (χ0n) is 24.8. The number of nitrogens with zero attached hydrogens (tertiary/aromatic N) is 3. The average molecular weight is 618 g/mol. The number of halogens is 3. The van der Waals surface area contributed by atoms with Crippen LogP contribution in [0.25, 0.3) is 6.08 Å². The number of benzene rings is 3. The van der Waals surface area contributed by atoms with Gasteiger partial charge in [-0.05, 0) is 79.9 Å². The lowest BCUT2D eigenvalue weighted by Crippen LogP contribution is -2.50. The first kappa shape index (κ1) is 32.5. The van der Waals surface area contributed by atoms with Crippen molar-refractivity contribution < 1.29 is 37.0 Å². The van der Waals surface area contributed by atoms with Gasteiger partial charge in [0.15, 0.2) is 0 Å². The van der Waals surface area contributed by atoms with Gasteiger partial charge in [-0.3, -0.25) is 4.90 Å². The number of carbonyl (C=O) groups excluding carboxylic acids is 3. The van der Waals surface area contributed by atoms with E-state index in [1.807, 2.05) is 6.07 Å². The van der Waals surface area contributed by atoms with Crippen molar-refractivity contribution >= 4 is 29.7 Å². The van der Waals surface area contributed by atoms with Gasteiger partial charge in [-0.2, -0.15) is 18.4 Å². The van der Waals surface area contributed by atoms with E-state index < -0.39 is 35.8 Å². The van der Waals surface area contributed by atoms with Crippen LogP contribution in [-0.4, -0.2) is 36.1 Å². The molecule has 2 amide bonds. The Balaban J connectivity index is 1.89. The Kier molecular flexibility index (Phi) is 10.1. The molecule has 0 fully saturated rings. The standard InChI is InChI=1S/C34H30F3N3O5/c1-4-44-29(41)17-14-23-8-6-9-25(18-23)21-39-31(26-15-12-24(20-38)13-16-26)30(32(42)45-5-2)22(3)40(33(39)43)28-11-7-10-27(19-28)34(35,36)37/h6-19,31H,4-5,21H2,1-3H3. The summed E-state index contributed by atoms with van der Waals surface area (Å²) in [4.78, 5) is 42.2. The van der Waals surface area contributed by atoms with E-state index in [0.29, 0.717) is 22.3 Å². The Hall–Kier alpha value is -5.37. The van der Waals surface area contributed by atoms with Gasteiger partial charge >= 0.3 is 24.1 Å². The first-order chi connectivity index (χ1) is 21.5. The van der Waals surface area contributed by atoms with Crippen molar-refractivity contribution in [2.75, 3.05) is 18.1 Å². The number of urea groups is 1. The second kappa shape index (κ2) is 13.9. The SMILES string of the molecule is CCOC(=O)C=Cc1cccc(CN2C(=O)N(c3cccc(C(F)(F)F)c3)C(C)=C(C(=O)OCC)C2c2ccc(C#N)cc2)c1. The fourth-order valence-electron chi connectivity index (χ4n) is 5.04. The zero-order valence-corrected chi connectivity index (χ0v) is 24.8. The van der Waals surface area contributed by atoms with Gasteiger partial charge in [0.05, 0.1) is 47.7 Å². The van der Waals surface area contributed by atoms with Crippen molar-refractivity contribution in [2.24, 2.45) is 0 Å². The van der Waals surface area contributed by atoms with Crippen LogP contribution >= 0.6 is 0 Å². The lowest BCUT2D eigenvalue weighted by Gasteiger charge is -2.43. The Labute approximate surface area is 258 Å². The number of allylic oxidation sites excluding steroid dienone is 1. The number of esters is 2. The second-order valence-corrected chi connectivity index (χ2v) is 9.98. The summed E-state index contributed by atoms with van der Waals surface area (Å²) in [6.45, 7) is 4.96. The lowest BCUT2D eigenvalue weighted by molar-refractivity contribution is -0.140. The van der Waals surface area contributed by atoms with Gasteiger partial charge in [0.25, 0.3) is 0 Å². The molecule has 11 heteroatoms. The summed E-state index contributed by atoms with van der Waals surface area (Å²) in [5.41, 5.74) is 1.21. The molecule has 4 rings (SSSR count). The molecule has 0 N–H and O–H groups in total. The maximum atomic E-state index is 14.4. The highest BCUT2D eigenvalue weighted by Gasteiger charge is 2.43. The monoisotopic (exact) mass is 617 g/mol. The third-order valence-electron chi connectivity index (χ3n) is 7.03. The largest absolute Gasteiger partial charge is 0.463 e. The topological polar surface area (TPSA) is 99.9 Å². The van der Waals surface area contributed by atoms with Gasteiger partial charge in [-0.1, -0.05) is 36.4 Å². The van der Waals surface area contributed by atoms with E-state index in [1.165, 1.54) is 30.0 Å². The molecule has 1 aliphatic heterocycles. The fourth-order valence-corrected chi connectivity index (χ4v) is 5.04. The van der Waals surface area contributed by atoms with Crippen molar-refractivity contribution in [1.82, 2.24) is 4.90 Å². The number of alkyl halides is 3. The van der Waals surface area contributed by atoms with Crippen LogP contribution in [0.2, 0.25) is 0 Å². The van der Waals surface area contributed by atoms with E-state index >= 15 is 0 Å². The number of amides is 2. The first-order valence-corrected chi connectivity index (χ1v) is 14.1.